The van der Waals surface area contributed by atoms with Crippen molar-refractivity contribution >= 4 is 54.2 Å². The molecule has 3 atom stereocenters. The topological polar surface area (TPSA) is 76.1 Å². The summed E-state index contributed by atoms with van der Waals surface area (Å²) in [6, 6.07) is 2.71. The van der Waals surface area contributed by atoms with E-state index in [4.69, 9.17) is 44.1 Å². The van der Waals surface area contributed by atoms with Gasteiger partial charge in [0.05, 0.1) is 17.4 Å². The van der Waals surface area contributed by atoms with Crippen molar-refractivity contribution in [3.8, 4) is 0 Å². The van der Waals surface area contributed by atoms with Crippen molar-refractivity contribution in [2.24, 2.45) is 0 Å². The Hall–Kier alpha value is -0.700. The molecule has 30 heavy (non-hydrogen) atoms. The summed E-state index contributed by atoms with van der Waals surface area (Å²) < 4.78 is 60.3. The summed E-state index contributed by atoms with van der Waals surface area (Å²) >= 11 is 16.7. The van der Waals surface area contributed by atoms with Crippen molar-refractivity contribution in [1.82, 2.24) is 0 Å². The van der Waals surface area contributed by atoms with Gasteiger partial charge < -0.3 is 14.2 Å². The highest BCUT2D eigenvalue weighted by Crippen LogP contribution is 2.55. The van der Waals surface area contributed by atoms with Gasteiger partial charge in [0.1, 0.15) is 12.4 Å². The number of anilines is 1. The maximum Gasteiger partial charge on any atom is 0.416 e. The molecule has 3 unspecified atom stereocenters. The Balaban J connectivity index is 2.46. The van der Waals surface area contributed by atoms with Gasteiger partial charge in [-0.15, -0.1) is 0 Å². The second-order valence-electron chi connectivity index (χ2n) is 6.79. The SMILES string of the molecule is CCC(C)OP(=O)(O)C1CCc2cc(C(F)(F)F)ccc2N1C(=O)OCC(Cl)(Cl)Cl. The van der Waals surface area contributed by atoms with Gasteiger partial charge in [-0.1, -0.05) is 41.7 Å². The molecule has 2 rings (SSSR count). The third-order valence-electron chi connectivity index (χ3n) is 4.47. The summed E-state index contributed by atoms with van der Waals surface area (Å²) in [4.78, 5) is 24.0. The molecule has 0 aromatic heterocycles. The third kappa shape index (κ3) is 6.40. The van der Waals surface area contributed by atoms with Crippen molar-refractivity contribution in [2.75, 3.05) is 11.5 Å². The van der Waals surface area contributed by atoms with Gasteiger partial charge >= 0.3 is 19.9 Å². The maximum absolute atomic E-state index is 13.1. The monoisotopic (exact) mass is 511 g/mol. The molecule has 1 aromatic rings. The van der Waals surface area contributed by atoms with E-state index in [1.807, 2.05) is 0 Å². The van der Waals surface area contributed by atoms with Crippen LogP contribution >= 0.6 is 42.4 Å². The van der Waals surface area contributed by atoms with Gasteiger partial charge in [0.25, 0.3) is 0 Å². The smallest absolute Gasteiger partial charge is 0.416 e. The number of carbonyl (C=O) groups excluding carboxylic acids is 1. The lowest BCUT2D eigenvalue weighted by atomic mass is 9.99. The number of carbonyl (C=O) groups is 1. The number of hydrogen-bond acceptors (Lipinski definition) is 4. The average molecular weight is 513 g/mol. The fourth-order valence-electron chi connectivity index (χ4n) is 2.92. The number of hydrogen-bond donors (Lipinski definition) is 1. The molecule has 0 radical (unpaired) electrons. The van der Waals surface area contributed by atoms with Crippen molar-refractivity contribution in [2.45, 2.75) is 55.0 Å². The fraction of sp³-hybridized carbons (Fsp3) is 0.588. The van der Waals surface area contributed by atoms with Crippen molar-refractivity contribution in [3.05, 3.63) is 29.3 Å². The number of aryl methyl sites for hydroxylation is 1. The van der Waals surface area contributed by atoms with E-state index in [1.165, 1.54) is 0 Å². The van der Waals surface area contributed by atoms with Crippen LogP contribution in [0.25, 0.3) is 0 Å². The Labute approximate surface area is 186 Å². The zero-order valence-electron chi connectivity index (χ0n) is 16.0. The van der Waals surface area contributed by atoms with E-state index >= 15 is 0 Å². The van der Waals surface area contributed by atoms with Crippen LogP contribution in [0.5, 0.6) is 0 Å². The lowest BCUT2D eigenvalue weighted by Gasteiger charge is -2.38. The number of amides is 1. The summed E-state index contributed by atoms with van der Waals surface area (Å²) in [5.41, 5.74) is -0.747. The molecule has 0 fully saturated rings. The molecular formula is C17H20Cl3F3NO5P. The Morgan fingerprint density at radius 1 is 1.37 bits per heavy atom. The van der Waals surface area contributed by atoms with E-state index in [-0.39, 0.29) is 24.1 Å². The molecule has 1 aliphatic rings. The fourth-order valence-corrected chi connectivity index (χ4v) is 4.85. The molecule has 1 heterocycles. The minimum Gasteiger partial charge on any atom is -0.445 e. The Kier molecular flexibility index (Phi) is 8.03. The molecule has 0 saturated heterocycles. The zero-order chi connectivity index (χ0) is 22.9. The highest BCUT2D eigenvalue weighted by Gasteiger charge is 2.46. The average Bonchev–Trinajstić information content (AvgIpc) is 2.62. The predicted molar refractivity (Wildman–Crippen MR) is 108 cm³/mol. The number of halogens is 6. The van der Waals surface area contributed by atoms with E-state index in [1.54, 1.807) is 13.8 Å². The van der Waals surface area contributed by atoms with Gasteiger partial charge in [0.15, 0.2) is 0 Å². The van der Waals surface area contributed by atoms with Gasteiger partial charge in [-0.25, -0.2) is 4.79 Å². The first kappa shape index (κ1) is 25.6. The van der Waals surface area contributed by atoms with Gasteiger partial charge in [-0.2, -0.15) is 13.2 Å². The summed E-state index contributed by atoms with van der Waals surface area (Å²) in [6.07, 6.45) is -5.99. The minimum absolute atomic E-state index is 0.00408. The van der Waals surface area contributed by atoms with Crippen LogP contribution < -0.4 is 4.90 Å². The quantitative estimate of drug-likeness (QED) is 0.371. The van der Waals surface area contributed by atoms with Gasteiger partial charge in [0, 0.05) is 0 Å². The lowest BCUT2D eigenvalue weighted by molar-refractivity contribution is -0.137. The molecule has 0 saturated carbocycles. The summed E-state index contributed by atoms with van der Waals surface area (Å²) in [5.74, 6) is -1.38. The Bertz CT molecular complexity index is 834. The molecule has 1 aliphatic heterocycles. The lowest BCUT2D eigenvalue weighted by Crippen LogP contribution is -2.45. The molecular weight excluding hydrogens is 493 g/mol. The first-order valence-corrected chi connectivity index (χ1v) is 11.7. The predicted octanol–water partition coefficient (Wildman–Crippen LogP) is 6.29. The molecule has 0 spiro atoms. The Morgan fingerprint density at radius 2 is 2.00 bits per heavy atom. The first-order valence-electron chi connectivity index (χ1n) is 8.89. The normalized spacial score (nSPS) is 20.3. The van der Waals surface area contributed by atoms with Crippen LogP contribution in [-0.2, 0) is 26.4 Å². The van der Waals surface area contributed by atoms with Crippen LogP contribution in [0.3, 0.4) is 0 Å². The van der Waals surface area contributed by atoms with E-state index in [2.05, 4.69) is 0 Å². The molecule has 1 amide bonds. The van der Waals surface area contributed by atoms with Gasteiger partial charge in [-0.3, -0.25) is 9.46 Å². The van der Waals surface area contributed by atoms with Gasteiger partial charge in [-0.05, 0) is 49.9 Å². The highest BCUT2D eigenvalue weighted by atomic mass is 35.6. The van der Waals surface area contributed by atoms with Gasteiger partial charge in [0.2, 0.25) is 3.79 Å². The van der Waals surface area contributed by atoms with Crippen LogP contribution in [0.15, 0.2) is 18.2 Å². The zero-order valence-corrected chi connectivity index (χ0v) is 19.1. The number of alkyl halides is 6. The van der Waals surface area contributed by atoms with Crippen LogP contribution in [0.4, 0.5) is 23.7 Å². The van der Waals surface area contributed by atoms with E-state index in [0.29, 0.717) is 6.42 Å². The van der Waals surface area contributed by atoms with Crippen LogP contribution in [0.1, 0.15) is 37.8 Å². The summed E-state index contributed by atoms with van der Waals surface area (Å²) in [5, 5.41) is 0. The molecule has 6 nitrogen and oxygen atoms in total. The van der Waals surface area contributed by atoms with E-state index < -0.39 is 47.7 Å². The molecule has 0 aliphatic carbocycles. The third-order valence-corrected chi connectivity index (χ3v) is 6.71. The molecule has 13 heteroatoms. The summed E-state index contributed by atoms with van der Waals surface area (Å²) in [7, 11) is -4.41. The molecule has 1 N–H and O–H groups in total. The molecule has 170 valence electrons. The standard InChI is InChI=1S/C17H20Cl3F3NO5P/c1-3-10(2)29-30(26,27)14-7-4-11-8-12(17(21,22)23)5-6-13(11)24(14)15(25)28-9-16(18,19)20/h5-6,8,10,14H,3-4,7,9H2,1-2H3,(H,26,27). The van der Waals surface area contributed by atoms with Crippen LogP contribution in [-0.4, -0.2) is 33.3 Å². The van der Waals surface area contributed by atoms with E-state index in [0.717, 1.165) is 23.1 Å². The molecule has 1 aromatic carbocycles. The van der Waals surface area contributed by atoms with Crippen molar-refractivity contribution in [1.29, 1.82) is 0 Å². The van der Waals surface area contributed by atoms with Crippen LogP contribution in [0, 0.1) is 0 Å². The highest BCUT2D eigenvalue weighted by molar-refractivity contribution is 7.53. The number of nitrogens with zero attached hydrogens (tertiary/aromatic N) is 1. The first-order chi connectivity index (χ1) is 13.7. The second-order valence-corrected chi connectivity index (χ2v) is 11.2. The van der Waals surface area contributed by atoms with Crippen molar-refractivity contribution < 1.29 is 36.7 Å². The summed E-state index contributed by atoms with van der Waals surface area (Å²) in [6.45, 7) is 2.66. The number of fused-ring (bicyclic) bond motifs is 1. The largest absolute Gasteiger partial charge is 0.445 e. The second kappa shape index (κ2) is 9.43. The number of benzene rings is 1. The van der Waals surface area contributed by atoms with Crippen LogP contribution in [0.2, 0.25) is 0 Å². The van der Waals surface area contributed by atoms with Crippen molar-refractivity contribution in [3.63, 3.8) is 0 Å². The molecule has 0 bridgehead atoms. The Morgan fingerprint density at radius 3 is 2.53 bits per heavy atom. The van der Waals surface area contributed by atoms with E-state index in [9.17, 15) is 27.4 Å². The maximum atomic E-state index is 13.1. The number of rotatable bonds is 5. The number of ether oxygens (including phenoxy) is 1. The minimum atomic E-state index is -4.58.